The molecule has 0 saturated carbocycles. The number of nitrogens with zero attached hydrogens (tertiary/aromatic N) is 1. The molecule has 30 heavy (non-hydrogen) atoms. The fraction of sp³-hybridized carbons (Fsp3) is 0.318. The summed E-state index contributed by atoms with van der Waals surface area (Å²) in [5.41, 5.74) is 2.37. The van der Waals surface area contributed by atoms with Gasteiger partial charge in [-0.15, -0.1) is 0 Å². The summed E-state index contributed by atoms with van der Waals surface area (Å²) in [4.78, 5) is 28.7. The minimum Gasteiger partial charge on any atom is -0.376 e. The van der Waals surface area contributed by atoms with Crippen molar-refractivity contribution in [2.75, 3.05) is 23.8 Å². The molecule has 3 rings (SSSR count). The van der Waals surface area contributed by atoms with Gasteiger partial charge in [-0.3, -0.25) is 14.9 Å². The van der Waals surface area contributed by atoms with Gasteiger partial charge in [-0.05, 0) is 61.7 Å². The number of ether oxygens (including phenoxy) is 1. The lowest BCUT2D eigenvalue weighted by molar-refractivity contribution is -0.114. The van der Waals surface area contributed by atoms with Gasteiger partial charge in [0.15, 0.2) is 0 Å². The fourth-order valence-corrected chi connectivity index (χ4v) is 3.03. The third-order valence-electron chi connectivity index (χ3n) is 4.63. The molecular formula is C22H25FN4O3. The van der Waals surface area contributed by atoms with Crippen LogP contribution in [0.2, 0.25) is 0 Å². The van der Waals surface area contributed by atoms with Crippen molar-refractivity contribution < 1.29 is 18.7 Å². The lowest BCUT2D eigenvalue weighted by Gasteiger charge is -2.14. The molecule has 2 amide bonds. The maximum atomic E-state index is 13.2. The summed E-state index contributed by atoms with van der Waals surface area (Å²) >= 11 is 0. The van der Waals surface area contributed by atoms with Gasteiger partial charge < -0.3 is 15.4 Å². The van der Waals surface area contributed by atoms with E-state index in [1.54, 1.807) is 30.3 Å². The highest BCUT2D eigenvalue weighted by molar-refractivity contribution is 6.10. The van der Waals surface area contributed by atoms with Crippen molar-refractivity contribution in [2.24, 2.45) is 4.99 Å². The predicted octanol–water partition coefficient (Wildman–Crippen LogP) is 3.47. The molecule has 1 saturated heterocycles. The van der Waals surface area contributed by atoms with E-state index in [0.717, 1.165) is 18.4 Å². The molecule has 1 heterocycles. The molecule has 0 radical (unpaired) electrons. The van der Waals surface area contributed by atoms with Crippen molar-refractivity contribution >= 4 is 29.1 Å². The molecule has 0 bridgehead atoms. The second kappa shape index (κ2) is 9.98. The Hall–Kier alpha value is -3.26. The second-order valence-electron chi connectivity index (χ2n) is 7.12. The number of benzene rings is 2. The minimum atomic E-state index is -0.387. The van der Waals surface area contributed by atoms with E-state index >= 15 is 0 Å². The van der Waals surface area contributed by atoms with Crippen LogP contribution >= 0.6 is 0 Å². The van der Waals surface area contributed by atoms with Crippen LogP contribution in [0.25, 0.3) is 0 Å². The molecule has 1 atom stereocenters. The van der Waals surface area contributed by atoms with Gasteiger partial charge in [0.25, 0.3) is 5.91 Å². The molecule has 2 aromatic carbocycles. The summed E-state index contributed by atoms with van der Waals surface area (Å²) in [7, 11) is 0. The summed E-state index contributed by atoms with van der Waals surface area (Å²) in [5, 5.41) is 8.49. The van der Waals surface area contributed by atoms with Crippen molar-refractivity contribution in [1.82, 2.24) is 5.32 Å². The van der Waals surface area contributed by atoms with E-state index in [2.05, 4.69) is 20.9 Å². The standard InChI is InChI=1S/C22H25FN4O3/c1-14-5-6-16(12-20(14)25-15(2)28)21(29)27-22(24-13-19-4-3-11-30-19)26-18-9-7-17(23)8-10-18/h5-10,12,19H,3-4,11,13H2,1-2H3,(H,25,28)(H2,24,26,27,29). The topological polar surface area (TPSA) is 91.8 Å². The first-order valence-electron chi connectivity index (χ1n) is 9.79. The number of aryl methyl sites for hydroxylation is 1. The van der Waals surface area contributed by atoms with Crippen LogP contribution in [0.15, 0.2) is 47.5 Å². The van der Waals surface area contributed by atoms with Crippen molar-refractivity contribution in [3.05, 3.63) is 59.4 Å². The monoisotopic (exact) mass is 412 g/mol. The van der Waals surface area contributed by atoms with E-state index < -0.39 is 0 Å². The number of guanidine groups is 1. The highest BCUT2D eigenvalue weighted by Crippen LogP contribution is 2.17. The Morgan fingerprint density at radius 2 is 1.93 bits per heavy atom. The van der Waals surface area contributed by atoms with E-state index in [1.165, 1.54) is 19.1 Å². The van der Waals surface area contributed by atoms with E-state index in [-0.39, 0.29) is 29.7 Å². The lowest BCUT2D eigenvalue weighted by Crippen LogP contribution is -2.36. The Balaban J connectivity index is 1.77. The van der Waals surface area contributed by atoms with Crippen LogP contribution in [-0.2, 0) is 9.53 Å². The Morgan fingerprint density at radius 3 is 2.60 bits per heavy atom. The third kappa shape index (κ3) is 6.12. The summed E-state index contributed by atoms with van der Waals surface area (Å²) in [5.74, 6) is -0.717. The maximum Gasteiger partial charge on any atom is 0.258 e. The lowest BCUT2D eigenvalue weighted by atomic mass is 10.1. The van der Waals surface area contributed by atoms with Crippen LogP contribution in [0.1, 0.15) is 35.7 Å². The Morgan fingerprint density at radius 1 is 1.17 bits per heavy atom. The SMILES string of the molecule is CC(=O)Nc1cc(C(=O)NC(=NCC2CCCO2)Nc2ccc(F)cc2)ccc1C. The number of carbonyl (C=O) groups excluding carboxylic acids is 2. The molecule has 2 aromatic rings. The zero-order chi connectivity index (χ0) is 21.5. The number of aliphatic imine (C=N–C) groups is 1. The second-order valence-corrected chi connectivity index (χ2v) is 7.12. The molecule has 0 aromatic heterocycles. The molecule has 8 heteroatoms. The maximum absolute atomic E-state index is 13.2. The fourth-order valence-electron chi connectivity index (χ4n) is 3.03. The zero-order valence-electron chi connectivity index (χ0n) is 17.0. The van der Waals surface area contributed by atoms with Crippen molar-refractivity contribution in [3.8, 4) is 0 Å². The van der Waals surface area contributed by atoms with Crippen LogP contribution < -0.4 is 16.0 Å². The summed E-state index contributed by atoms with van der Waals surface area (Å²) in [6.45, 7) is 4.36. The summed E-state index contributed by atoms with van der Waals surface area (Å²) in [6, 6.07) is 10.8. The van der Waals surface area contributed by atoms with Gasteiger partial charge in [0, 0.05) is 30.5 Å². The first-order valence-corrected chi connectivity index (χ1v) is 9.79. The molecule has 1 aliphatic heterocycles. The average molecular weight is 412 g/mol. The van der Waals surface area contributed by atoms with Crippen molar-refractivity contribution in [3.63, 3.8) is 0 Å². The molecule has 7 nitrogen and oxygen atoms in total. The smallest absolute Gasteiger partial charge is 0.258 e. The molecule has 3 N–H and O–H groups in total. The van der Waals surface area contributed by atoms with Gasteiger partial charge in [0.1, 0.15) is 5.82 Å². The quantitative estimate of drug-likeness (QED) is 0.518. The van der Waals surface area contributed by atoms with Gasteiger partial charge >= 0.3 is 0 Å². The number of hydrogen-bond donors (Lipinski definition) is 3. The normalized spacial score (nSPS) is 16.2. The number of amides is 2. The van der Waals surface area contributed by atoms with Crippen molar-refractivity contribution in [2.45, 2.75) is 32.8 Å². The predicted molar refractivity (Wildman–Crippen MR) is 114 cm³/mol. The van der Waals surface area contributed by atoms with Crippen molar-refractivity contribution in [1.29, 1.82) is 0 Å². The number of hydrogen-bond acceptors (Lipinski definition) is 4. The van der Waals surface area contributed by atoms with Gasteiger partial charge in [-0.1, -0.05) is 6.07 Å². The van der Waals surface area contributed by atoms with Crippen LogP contribution in [0.3, 0.4) is 0 Å². The molecule has 0 spiro atoms. The van der Waals surface area contributed by atoms with Gasteiger partial charge in [0.05, 0.1) is 12.6 Å². The molecule has 0 aliphatic carbocycles. The van der Waals surface area contributed by atoms with E-state index in [1.807, 2.05) is 6.92 Å². The summed E-state index contributed by atoms with van der Waals surface area (Å²) < 4.78 is 18.8. The van der Waals surface area contributed by atoms with E-state index in [0.29, 0.717) is 30.1 Å². The molecule has 158 valence electrons. The average Bonchev–Trinajstić information content (AvgIpc) is 3.23. The highest BCUT2D eigenvalue weighted by atomic mass is 19.1. The molecule has 1 unspecified atom stereocenters. The number of nitrogens with one attached hydrogen (secondary N) is 3. The molecule has 1 aliphatic rings. The van der Waals surface area contributed by atoms with Crippen LogP contribution in [0.4, 0.5) is 15.8 Å². The van der Waals surface area contributed by atoms with Gasteiger partial charge in [-0.2, -0.15) is 0 Å². The zero-order valence-corrected chi connectivity index (χ0v) is 17.0. The largest absolute Gasteiger partial charge is 0.376 e. The number of carbonyl (C=O) groups is 2. The summed E-state index contributed by atoms with van der Waals surface area (Å²) in [6.07, 6.45) is 1.92. The van der Waals surface area contributed by atoms with Crippen LogP contribution in [0.5, 0.6) is 0 Å². The van der Waals surface area contributed by atoms with Crippen LogP contribution in [0, 0.1) is 12.7 Å². The molecule has 1 fully saturated rings. The number of anilines is 2. The van der Waals surface area contributed by atoms with Gasteiger partial charge in [-0.25, -0.2) is 9.38 Å². The van der Waals surface area contributed by atoms with Gasteiger partial charge in [0.2, 0.25) is 11.9 Å². The van der Waals surface area contributed by atoms with Crippen LogP contribution in [-0.4, -0.2) is 37.0 Å². The first kappa shape index (κ1) is 21.4. The van der Waals surface area contributed by atoms with E-state index in [4.69, 9.17) is 4.74 Å². The highest BCUT2D eigenvalue weighted by Gasteiger charge is 2.16. The number of halogens is 1. The third-order valence-corrected chi connectivity index (χ3v) is 4.63. The molecular weight excluding hydrogens is 387 g/mol. The first-order chi connectivity index (χ1) is 14.4. The number of rotatable bonds is 5. The van der Waals surface area contributed by atoms with E-state index in [9.17, 15) is 14.0 Å². The Labute approximate surface area is 174 Å². The minimum absolute atomic E-state index is 0.0117. The Bertz CT molecular complexity index is 938. The Kier molecular flexibility index (Phi) is 7.13.